The molecule has 2 aromatic carbocycles. The summed E-state index contributed by atoms with van der Waals surface area (Å²) in [6.45, 7) is 6.93. The van der Waals surface area contributed by atoms with Crippen molar-refractivity contribution in [1.29, 1.82) is 0 Å². The zero-order valence-electron chi connectivity index (χ0n) is 14.6. The molecule has 0 heterocycles. The average Bonchev–Trinajstić information content (AvgIpc) is 2.47. The van der Waals surface area contributed by atoms with Crippen molar-refractivity contribution in [3.8, 4) is 0 Å². The number of rotatable bonds is 4. The summed E-state index contributed by atoms with van der Waals surface area (Å²) in [5.74, 6) is -0.627. The summed E-state index contributed by atoms with van der Waals surface area (Å²) in [6, 6.07) is 9.82. The van der Waals surface area contributed by atoms with Crippen LogP contribution in [0, 0.1) is 18.2 Å². The van der Waals surface area contributed by atoms with Gasteiger partial charge in [0.05, 0.1) is 4.90 Å². The second kappa shape index (κ2) is 6.84. The van der Waals surface area contributed by atoms with Gasteiger partial charge in [-0.1, -0.05) is 20.8 Å². The minimum absolute atomic E-state index is 0.0130. The molecule has 0 saturated heterocycles. The Bertz CT molecular complexity index is 886. The van der Waals surface area contributed by atoms with Crippen LogP contribution in [0.4, 0.5) is 15.8 Å². The molecule has 1 amide bonds. The topological polar surface area (TPSA) is 75.3 Å². The van der Waals surface area contributed by atoms with Crippen LogP contribution in [0.2, 0.25) is 0 Å². The monoisotopic (exact) mass is 364 g/mol. The van der Waals surface area contributed by atoms with Gasteiger partial charge in [0.1, 0.15) is 5.82 Å². The maximum Gasteiger partial charge on any atom is 0.262 e. The van der Waals surface area contributed by atoms with Crippen molar-refractivity contribution in [1.82, 2.24) is 0 Å². The van der Waals surface area contributed by atoms with Crippen molar-refractivity contribution >= 4 is 27.3 Å². The van der Waals surface area contributed by atoms with Crippen LogP contribution >= 0.6 is 0 Å². The van der Waals surface area contributed by atoms with Crippen LogP contribution in [0.15, 0.2) is 47.4 Å². The molecule has 0 radical (unpaired) electrons. The number of hydrogen-bond donors (Lipinski definition) is 2. The summed E-state index contributed by atoms with van der Waals surface area (Å²) in [6.07, 6.45) is 0. The number of amides is 1. The fraction of sp³-hybridized carbons (Fsp3) is 0.278. The summed E-state index contributed by atoms with van der Waals surface area (Å²) in [7, 11) is -3.82. The highest BCUT2D eigenvalue weighted by Crippen LogP contribution is 2.22. The normalized spacial score (nSPS) is 11.9. The molecule has 25 heavy (non-hydrogen) atoms. The molecule has 134 valence electrons. The molecule has 7 heteroatoms. The number of carbonyl (C=O) groups excluding carboxylic acids is 1. The molecule has 0 aromatic heterocycles. The van der Waals surface area contributed by atoms with Crippen molar-refractivity contribution in [2.24, 2.45) is 5.41 Å². The van der Waals surface area contributed by atoms with Crippen LogP contribution in [-0.4, -0.2) is 14.3 Å². The fourth-order valence-corrected chi connectivity index (χ4v) is 3.35. The first-order valence-electron chi connectivity index (χ1n) is 7.69. The van der Waals surface area contributed by atoms with Crippen molar-refractivity contribution in [2.75, 3.05) is 10.0 Å². The van der Waals surface area contributed by atoms with Crippen LogP contribution in [0.5, 0.6) is 0 Å². The van der Waals surface area contributed by atoms with Gasteiger partial charge in [0.2, 0.25) is 5.91 Å². The summed E-state index contributed by atoms with van der Waals surface area (Å²) < 4.78 is 40.4. The third kappa shape index (κ3) is 4.79. The Labute approximate surface area is 147 Å². The van der Waals surface area contributed by atoms with E-state index in [-0.39, 0.29) is 10.8 Å². The van der Waals surface area contributed by atoms with Gasteiger partial charge in [-0.25, -0.2) is 12.8 Å². The van der Waals surface area contributed by atoms with Gasteiger partial charge in [0, 0.05) is 16.8 Å². The number of halogens is 1. The van der Waals surface area contributed by atoms with Crippen LogP contribution in [-0.2, 0) is 14.8 Å². The Morgan fingerprint density at radius 3 is 2.08 bits per heavy atom. The number of sulfonamides is 1. The lowest BCUT2D eigenvalue weighted by Crippen LogP contribution is -2.27. The number of anilines is 2. The summed E-state index contributed by atoms with van der Waals surface area (Å²) in [5, 5.41) is 2.76. The molecule has 0 unspecified atom stereocenters. The Kier molecular flexibility index (Phi) is 5.17. The van der Waals surface area contributed by atoms with Gasteiger partial charge in [-0.2, -0.15) is 0 Å². The molecule has 0 aliphatic rings. The maximum absolute atomic E-state index is 13.1. The molecule has 0 aliphatic heterocycles. The Morgan fingerprint density at radius 1 is 1.00 bits per heavy atom. The molecule has 2 aromatic rings. The summed E-state index contributed by atoms with van der Waals surface area (Å²) in [4.78, 5) is 12.0. The largest absolute Gasteiger partial charge is 0.326 e. The van der Waals surface area contributed by atoms with Crippen LogP contribution < -0.4 is 10.0 Å². The van der Waals surface area contributed by atoms with E-state index in [0.29, 0.717) is 16.9 Å². The minimum Gasteiger partial charge on any atom is -0.326 e. The third-order valence-electron chi connectivity index (χ3n) is 3.50. The number of aryl methyl sites for hydroxylation is 1. The van der Waals surface area contributed by atoms with E-state index >= 15 is 0 Å². The average molecular weight is 364 g/mol. The van der Waals surface area contributed by atoms with Crippen LogP contribution in [0.1, 0.15) is 26.3 Å². The smallest absolute Gasteiger partial charge is 0.262 e. The van der Waals surface area contributed by atoms with E-state index in [4.69, 9.17) is 0 Å². The molecule has 0 spiro atoms. The van der Waals surface area contributed by atoms with E-state index in [0.717, 1.165) is 6.07 Å². The van der Waals surface area contributed by atoms with E-state index in [1.807, 2.05) is 0 Å². The Balaban J connectivity index is 2.16. The fourth-order valence-electron chi connectivity index (χ4n) is 2.06. The van der Waals surface area contributed by atoms with Gasteiger partial charge in [0.25, 0.3) is 10.0 Å². The van der Waals surface area contributed by atoms with Gasteiger partial charge in [-0.3, -0.25) is 9.52 Å². The zero-order valence-corrected chi connectivity index (χ0v) is 15.4. The first kappa shape index (κ1) is 18.9. The molecule has 0 bridgehead atoms. The molecule has 5 nitrogen and oxygen atoms in total. The lowest BCUT2D eigenvalue weighted by molar-refractivity contribution is -0.123. The lowest BCUT2D eigenvalue weighted by Gasteiger charge is -2.18. The predicted octanol–water partition coefficient (Wildman–Crippen LogP) is 3.92. The summed E-state index contributed by atoms with van der Waals surface area (Å²) in [5.41, 5.74) is 0.709. The van der Waals surface area contributed by atoms with E-state index < -0.39 is 21.3 Å². The van der Waals surface area contributed by atoms with Gasteiger partial charge < -0.3 is 5.32 Å². The standard InChI is InChI=1S/C18H21FN2O3S/c1-12-11-13(19)5-10-16(12)25(23,24)21-15-8-6-14(7-9-15)20-17(22)18(2,3)4/h5-11,21H,1-4H3,(H,20,22). The first-order chi connectivity index (χ1) is 11.5. The van der Waals surface area contributed by atoms with E-state index in [1.54, 1.807) is 45.0 Å². The Morgan fingerprint density at radius 2 is 1.56 bits per heavy atom. The van der Waals surface area contributed by atoms with E-state index in [1.165, 1.54) is 19.1 Å². The van der Waals surface area contributed by atoms with Gasteiger partial charge in [-0.05, 0) is 55.0 Å². The van der Waals surface area contributed by atoms with Gasteiger partial charge in [-0.15, -0.1) is 0 Å². The van der Waals surface area contributed by atoms with Crippen LogP contribution in [0.3, 0.4) is 0 Å². The SMILES string of the molecule is Cc1cc(F)ccc1S(=O)(=O)Nc1ccc(NC(=O)C(C)(C)C)cc1. The van der Waals surface area contributed by atoms with Crippen molar-refractivity contribution < 1.29 is 17.6 Å². The number of benzene rings is 2. The Hall–Kier alpha value is -2.41. The molecule has 2 N–H and O–H groups in total. The highest BCUT2D eigenvalue weighted by molar-refractivity contribution is 7.92. The quantitative estimate of drug-likeness (QED) is 0.863. The maximum atomic E-state index is 13.1. The highest BCUT2D eigenvalue weighted by Gasteiger charge is 2.21. The number of carbonyl (C=O) groups is 1. The summed E-state index contributed by atoms with van der Waals surface area (Å²) >= 11 is 0. The first-order valence-corrected chi connectivity index (χ1v) is 9.18. The number of nitrogens with one attached hydrogen (secondary N) is 2. The molecular weight excluding hydrogens is 343 g/mol. The van der Waals surface area contributed by atoms with E-state index in [9.17, 15) is 17.6 Å². The highest BCUT2D eigenvalue weighted by atomic mass is 32.2. The lowest BCUT2D eigenvalue weighted by atomic mass is 9.95. The zero-order chi connectivity index (χ0) is 18.8. The molecule has 0 saturated carbocycles. The molecule has 0 aliphatic carbocycles. The molecule has 2 rings (SSSR count). The van der Waals surface area contributed by atoms with Gasteiger partial charge in [0.15, 0.2) is 0 Å². The molecule has 0 fully saturated rings. The second-order valence-corrected chi connectivity index (χ2v) is 8.45. The van der Waals surface area contributed by atoms with Crippen LogP contribution in [0.25, 0.3) is 0 Å². The predicted molar refractivity (Wildman–Crippen MR) is 96.5 cm³/mol. The minimum atomic E-state index is -3.82. The second-order valence-electron chi connectivity index (χ2n) is 6.80. The third-order valence-corrected chi connectivity index (χ3v) is 5.04. The number of hydrogen-bond acceptors (Lipinski definition) is 3. The molecular formula is C18H21FN2O3S. The molecule has 0 atom stereocenters. The van der Waals surface area contributed by atoms with Gasteiger partial charge >= 0.3 is 0 Å². The van der Waals surface area contributed by atoms with Crippen molar-refractivity contribution in [2.45, 2.75) is 32.6 Å². The van der Waals surface area contributed by atoms with Crippen molar-refractivity contribution in [3.63, 3.8) is 0 Å². The van der Waals surface area contributed by atoms with E-state index in [2.05, 4.69) is 10.0 Å². The van der Waals surface area contributed by atoms with Crippen molar-refractivity contribution in [3.05, 3.63) is 53.8 Å².